The maximum atomic E-state index is 12.4. The SMILES string of the molecule is CN(C1CCC(N)CC1)S(=O)(=O)c1ccc(Cl)s1. The zero-order chi connectivity index (χ0) is 13.3. The number of halogens is 1. The Labute approximate surface area is 117 Å². The smallest absolute Gasteiger partial charge is 0.252 e. The molecule has 2 N–H and O–H groups in total. The lowest BCUT2D eigenvalue weighted by atomic mass is 9.92. The van der Waals surface area contributed by atoms with Crippen LogP contribution in [0.25, 0.3) is 0 Å². The van der Waals surface area contributed by atoms with Crippen molar-refractivity contribution in [1.82, 2.24) is 4.31 Å². The molecule has 1 heterocycles. The van der Waals surface area contributed by atoms with Gasteiger partial charge in [-0.25, -0.2) is 8.42 Å². The monoisotopic (exact) mass is 308 g/mol. The van der Waals surface area contributed by atoms with Crippen molar-refractivity contribution in [3.63, 3.8) is 0 Å². The summed E-state index contributed by atoms with van der Waals surface area (Å²) in [5.41, 5.74) is 5.84. The van der Waals surface area contributed by atoms with Crippen molar-refractivity contribution in [2.45, 2.75) is 42.0 Å². The van der Waals surface area contributed by atoms with Gasteiger partial charge in [0.05, 0.1) is 4.34 Å². The lowest BCUT2D eigenvalue weighted by Crippen LogP contribution is -2.41. The summed E-state index contributed by atoms with van der Waals surface area (Å²) in [6.45, 7) is 0. The zero-order valence-electron chi connectivity index (χ0n) is 10.2. The molecule has 0 bridgehead atoms. The minimum Gasteiger partial charge on any atom is -0.328 e. The molecule has 0 radical (unpaired) electrons. The van der Waals surface area contributed by atoms with Gasteiger partial charge in [-0.2, -0.15) is 4.31 Å². The average molecular weight is 309 g/mol. The number of nitrogens with zero attached hydrogens (tertiary/aromatic N) is 1. The Morgan fingerprint density at radius 3 is 2.44 bits per heavy atom. The van der Waals surface area contributed by atoms with Gasteiger partial charge < -0.3 is 5.73 Å². The molecule has 1 aliphatic carbocycles. The molecule has 0 aromatic carbocycles. The van der Waals surface area contributed by atoms with Crippen LogP contribution in [0.2, 0.25) is 4.34 Å². The fourth-order valence-corrected chi connectivity index (χ4v) is 5.32. The standard InChI is InChI=1S/C11H17ClN2O2S2/c1-14(9-4-2-8(13)3-5-9)18(15,16)11-7-6-10(12)17-11/h6-9H,2-5,13H2,1H3. The minimum atomic E-state index is -3.41. The second-order valence-corrected chi connectivity index (χ2v) is 8.59. The van der Waals surface area contributed by atoms with Gasteiger partial charge in [-0.05, 0) is 37.8 Å². The molecular formula is C11H17ClN2O2S2. The highest BCUT2D eigenvalue weighted by atomic mass is 35.5. The van der Waals surface area contributed by atoms with Crippen molar-refractivity contribution in [2.24, 2.45) is 5.73 Å². The Morgan fingerprint density at radius 2 is 1.94 bits per heavy atom. The van der Waals surface area contributed by atoms with Gasteiger partial charge in [-0.3, -0.25) is 0 Å². The van der Waals surface area contributed by atoms with Crippen LogP contribution < -0.4 is 5.73 Å². The van der Waals surface area contributed by atoms with Crippen molar-refractivity contribution < 1.29 is 8.42 Å². The molecule has 0 saturated heterocycles. The molecule has 7 heteroatoms. The molecule has 2 rings (SSSR count). The van der Waals surface area contributed by atoms with Crippen molar-refractivity contribution in [3.05, 3.63) is 16.5 Å². The number of hydrogen-bond acceptors (Lipinski definition) is 4. The second-order valence-electron chi connectivity index (χ2n) is 4.65. The van der Waals surface area contributed by atoms with Crippen molar-refractivity contribution >= 4 is 33.0 Å². The van der Waals surface area contributed by atoms with Crippen LogP contribution in [0.1, 0.15) is 25.7 Å². The summed E-state index contributed by atoms with van der Waals surface area (Å²) in [4.78, 5) is 0. The second kappa shape index (κ2) is 5.46. The molecular weight excluding hydrogens is 292 g/mol. The van der Waals surface area contributed by atoms with E-state index in [-0.39, 0.29) is 12.1 Å². The van der Waals surface area contributed by atoms with Gasteiger partial charge >= 0.3 is 0 Å². The van der Waals surface area contributed by atoms with Crippen LogP contribution in [0.4, 0.5) is 0 Å². The molecule has 0 atom stereocenters. The third kappa shape index (κ3) is 2.88. The maximum Gasteiger partial charge on any atom is 0.252 e. The highest BCUT2D eigenvalue weighted by Gasteiger charge is 2.31. The zero-order valence-corrected chi connectivity index (χ0v) is 12.6. The third-order valence-electron chi connectivity index (χ3n) is 3.44. The number of rotatable bonds is 3. The molecule has 1 aromatic rings. The van der Waals surface area contributed by atoms with Gasteiger partial charge in [0, 0.05) is 19.1 Å². The Balaban J connectivity index is 2.15. The van der Waals surface area contributed by atoms with E-state index in [0.29, 0.717) is 8.55 Å². The van der Waals surface area contributed by atoms with Crippen LogP contribution in [0, 0.1) is 0 Å². The van der Waals surface area contributed by atoms with Gasteiger partial charge in [-0.15, -0.1) is 11.3 Å². The first-order chi connectivity index (χ1) is 8.41. The number of hydrogen-bond donors (Lipinski definition) is 1. The first-order valence-corrected chi connectivity index (χ1v) is 8.53. The molecule has 102 valence electrons. The molecule has 0 aliphatic heterocycles. The summed E-state index contributed by atoms with van der Waals surface area (Å²) in [5.74, 6) is 0. The number of thiophene rings is 1. The maximum absolute atomic E-state index is 12.4. The summed E-state index contributed by atoms with van der Waals surface area (Å²) >= 11 is 6.89. The third-order valence-corrected chi connectivity index (χ3v) is 7.05. The molecule has 0 amide bonds. The van der Waals surface area contributed by atoms with E-state index in [4.69, 9.17) is 17.3 Å². The Hall–Kier alpha value is -0.140. The largest absolute Gasteiger partial charge is 0.328 e. The lowest BCUT2D eigenvalue weighted by molar-refractivity contribution is 0.269. The molecule has 4 nitrogen and oxygen atoms in total. The van der Waals surface area contributed by atoms with Crippen LogP contribution in [-0.4, -0.2) is 31.9 Å². The molecule has 0 spiro atoms. The fraction of sp³-hybridized carbons (Fsp3) is 0.636. The van der Waals surface area contributed by atoms with Gasteiger partial charge in [0.15, 0.2) is 0 Å². The first-order valence-electron chi connectivity index (χ1n) is 5.90. The van der Waals surface area contributed by atoms with E-state index < -0.39 is 10.0 Å². The van der Waals surface area contributed by atoms with Gasteiger partial charge in [0.2, 0.25) is 0 Å². The molecule has 0 unspecified atom stereocenters. The topological polar surface area (TPSA) is 63.4 Å². The van der Waals surface area contributed by atoms with Crippen LogP contribution in [0.5, 0.6) is 0 Å². The molecule has 1 aliphatic rings. The lowest BCUT2D eigenvalue weighted by Gasteiger charge is -2.32. The van der Waals surface area contributed by atoms with E-state index in [0.717, 1.165) is 37.0 Å². The molecule has 1 aromatic heterocycles. The minimum absolute atomic E-state index is 0.0516. The number of nitrogens with two attached hydrogens (primary N) is 1. The van der Waals surface area contributed by atoms with Crippen LogP contribution in [-0.2, 0) is 10.0 Å². The highest BCUT2D eigenvalue weighted by molar-refractivity contribution is 7.91. The summed E-state index contributed by atoms with van der Waals surface area (Å²) in [5, 5.41) is 0. The van der Waals surface area contributed by atoms with Crippen LogP contribution in [0.15, 0.2) is 16.3 Å². The van der Waals surface area contributed by atoms with Gasteiger partial charge in [-0.1, -0.05) is 11.6 Å². The normalized spacial score (nSPS) is 25.6. The highest BCUT2D eigenvalue weighted by Crippen LogP contribution is 2.31. The van der Waals surface area contributed by atoms with Gasteiger partial charge in [0.1, 0.15) is 4.21 Å². The van der Waals surface area contributed by atoms with Crippen LogP contribution >= 0.6 is 22.9 Å². The van der Waals surface area contributed by atoms with E-state index in [1.807, 2.05) is 0 Å². The number of sulfonamides is 1. The van der Waals surface area contributed by atoms with E-state index in [9.17, 15) is 8.42 Å². The molecule has 1 fully saturated rings. The van der Waals surface area contributed by atoms with E-state index in [1.165, 1.54) is 4.31 Å². The van der Waals surface area contributed by atoms with Crippen molar-refractivity contribution in [2.75, 3.05) is 7.05 Å². The Bertz CT molecular complexity index is 507. The molecule has 18 heavy (non-hydrogen) atoms. The summed E-state index contributed by atoms with van der Waals surface area (Å²) in [6, 6.07) is 3.45. The van der Waals surface area contributed by atoms with E-state index in [2.05, 4.69) is 0 Å². The average Bonchev–Trinajstić information content (AvgIpc) is 2.76. The quantitative estimate of drug-likeness (QED) is 0.932. The fourth-order valence-electron chi connectivity index (χ4n) is 2.24. The van der Waals surface area contributed by atoms with Crippen LogP contribution in [0.3, 0.4) is 0 Å². The summed E-state index contributed by atoms with van der Waals surface area (Å²) < 4.78 is 27.0. The Morgan fingerprint density at radius 1 is 1.33 bits per heavy atom. The predicted octanol–water partition coefficient (Wildman–Crippen LogP) is 2.29. The summed E-state index contributed by atoms with van der Waals surface area (Å²) in [6.07, 6.45) is 3.43. The van der Waals surface area contributed by atoms with Crippen molar-refractivity contribution in [3.8, 4) is 0 Å². The molecule has 1 saturated carbocycles. The van der Waals surface area contributed by atoms with E-state index in [1.54, 1.807) is 19.2 Å². The van der Waals surface area contributed by atoms with Crippen molar-refractivity contribution in [1.29, 1.82) is 0 Å². The predicted molar refractivity (Wildman–Crippen MR) is 74.5 cm³/mol. The first kappa shape index (κ1) is 14.3. The van der Waals surface area contributed by atoms with E-state index >= 15 is 0 Å². The summed E-state index contributed by atoms with van der Waals surface area (Å²) in [7, 11) is -1.77. The Kier molecular flexibility index (Phi) is 4.33. The van der Waals surface area contributed by atoms with Gasteiger partial charge in [0.25, 0.3) is 10.0 Å².